The van der Waals surface area contributed by atoms with Crippen LogP contribution in [0.5, 0.6) is 0 Å². The van der Waals surface area contributed by atoms with Gasteiger partial charge in [-0.1, -0.05) is 32.1 Å². The Kier molecular flexibility index (Phi) is 7.36. The Morgan fingerprint density at radius 2 is 2.03 bits per heavy atom. The number of fused-ring (bicyclic) bond motifs is 1. The van der Waals surface area contributed by atoms with E-state index >= 15 is 0 Å². The summed E-state index contributed by atoms with van der Waals surface area (Å²) in [5, 5.41) is 1.20. The standard InChI is InChI=1S/C27H32IN3O/c1-4-14-31(27(32)22-8-6-7-9-25(22)28)21-10-11-26-23(17-21)24(18-29-26)20-12-15-30(16-13-20)19(3)5-2/h6-12,17-19,29H,4-5,13-16H2,1-3H3. The van der Waals surface area contributed by atoms with Gasteiger partial charge in [0.15, 0.2) is 0 Å². The number of benzene rings is 2. The Labute approximate surface area is 204 Å². The van der Waals surface area contributed by atoms with Crippen molar-refractivity contribution in [3.63, 3.8) is 0 Å². The van der Waals surface area contributed by atoms with Crippen LogP contribution < -0.4 is 4.90 Å². The van der Waals surface area contributed by atoms with Crippen molar-refractivity contribution in [3.05, 3.63) is 69.4 Å². The minimum absolute atomic E-state index is 0.0642. The smallest absolute Gasteiger partial charge is 0.259 e. The second-order valence-electron chi connectivity index (χ2n) is 8.60. The number of aromatic nitrogens is 1. The molecule has 0 saturated carbocycles. The number of anilines is 1. The topological polar surface area (TPSA) is 39.3 Å². The summed E-state index contributed by atoms with van der Waals surface area (Å²) in [6.45, 7) is 9.48. The number of hydrogen-bond acceptors (Lipinski definition) is 2. The molecule has 0 bridgehead atoms. The molecule has 1 aliphatic heterocycles. The van der Waals surface area contributed by atoms with Crippen molar-refractivity contribution >= 4 is 50.7 Å². The van der Waals surface area contributed by atoms with Gasteiger partial charge in [0.05, 0.1) is 5.56 Å². The number of rotatable bonds is 7. The average molecular weight is 541 g/mol. The van der Waals surface area contributed by atoms with Crippen LogP contribution in [0.2, 0.25) is 0 Å². The van der Waals surface area contributed by atoms with E-state index in [0.717, 1.165) is 46.3 Å². The third-order valence-corrected chi connectivity index (χ3v) is 7.51. The summed E-state index contributed by atoms with van der Waals surface area (Å²) in [5.41, 5.74) is 5.51. The molecule has 5 heteroatoms. The summed E-state index contributed by atoms with van der Waals surface area (Å²) in [7, 11) is 0. The highest BCUT2D eigenvalue weighted by Crippen LogP contribution is 2.33. The minimum atomic E-state index is 0.0642. The normalized spacial score (nSPS) is 15.6. The molecule has 3 aromatic rings. The van der Waals surface area contributed by atoms with E-state index < -0.39 is 0 Å². The first-order valence-corrected chi connectivity index (χ1v) is 12.7. The second kappa shape index (κ2) is 10.2. The maximum absolute atomic E-state index is 13.4. The fourth-order valence-corrected chi connectivity index (χ4v) is 5.10. The number of nitrogens with one attached hydrogen (secondary N) is 1. The molecule has 1 aliphatic rings. The van der Waals surface area contributed by atoms with Gasteiger partial charge in [0.1, 0.15) is 0 Å². The zero-order valence-electron chi connectivity index (χ0n) is 19.2. The zero-order valence-corrected chi connectivity index (χ0v) is 21.4. The lowest BCUT2D eigenvalue weighted by molar-refractivity contribution is 0.0986. The maximum atomic E-state index is 13.4. The van der Waals surface area contributed by atoms with Gasteiger partial charge in [-0.15, -0.1) is 0 Å². The Morgan fingerprint density at radius 1 is 1.22 bits per heavy atom. The molecule has 1 aromatic heterocycles. The number of H-pyrrole nitrogens is 1. The van der Waals surface area contributed by atoms with Crippen LogP contribution in [0.1, 0.15) is 56.0 Å². The van der Waals surface area contributed by atoms with Crippen molar-refractivity contribution in [3.8, 4) is 0 Å². The number of carbonyl (C=O) groups is 1. The van der Waals surface area contributed by atoms with Crippen LogP contribution in [-0.4, -0.2) is 41.5 Å². The molecule has 1 atom stereocenters. The molecule has 2 aromatic carbocycles. The Hall–Kier alpha value is -2.12. The summed E-state index contributed by atoms with van der Waals surface area (Å²) < 4.78 is 0.984. The number of aromatic amines is 1. The quantitative estimate of drug-likeness (QED) is 0.338. The largest absolute Gasteiger partial charge is 0.361 e. The number of halogens is 1. The SMILES string of the molecule is CCCN(C(=O)c1ccccc1I)c1ccc2[nH]cc(C3=CCN(C(C)CC)CC3)c2c1. The fourth-order valence-electron chi connectivity index (χ4n) is 4.48. The number of nitrogens with zero attached hydrogens (tertiary/aromatic N) is 2. The lowest BCUT2D eigenvalue weighted by atomic mass is 9.97. The van der Waals surface area contributed by atoms with Crippen molar-refractivity contribution in [2.75, 3.05) is 24.5 Å². The zero-order chi connectivity index (χ0) is 22.7. The maximum Gasteiger partial charge on any atom is 0.259 e. The summed E-state index contributed by atoms with van der Waals surface area (Å²) >= 11 is 2.25. The number of amides is 1. The average Bonchev–Trinajstić information content (AvgIpc) is 3.25. The van der Waals surface area contributed by atoms with Crippen LogP contribution >= 0.6 is 22.6 Å². The van der Waals surface area contributed by atoms with Crippen molar-refractivity contribution in [1.82, 2.24) is 9.88 Å². The van der Waals surface area contributed by atoms with Crippen molar-refractivity contribution in [2.24, 2.45) is 0 Å². The lowest BCUT2D eigenvalue weighted by Gasteiger charge is -2.31. The van der Waals surface area contributed by atoms with E-state index in [1.165, 1.54) is 22.9 Å². The lowest BCUT2D eigenvalue weighted by Crippen LogP contribution is -2.35. The van der Waals surface area contributed by atoms with Gasteiger partial charge in [0, 0.05) is 57.6 Å². The Morgan fingerprint density at radius 3 is 2.72 bits per heavy atom. The van der Waals surface area contributed by atoms with E-state index in [2.05, 4.69) is 83.7 Å². The van der Waals surface area contributed by atoms with E-state index in [1.54, 1.807) is 0 Å². The van der Waals surface area contributed by atoms with E-state index in [1.807, 2.05) is 29.2 Å². The first-order chi connectivity index (χ1) is 15.5. The molecule has 1 unspecified atom stereocenters. The molecule has 0 fully saturated rings. The van der Waals surface area contributed by atoms with Gasteiger partial charge in [0.25, 0.3) is 5.91 Å². The molecule has 0 spiro atoms. The first-order valence-electron chi connectivity index (χ1n) is 11.6. The van der Waals surface area contributed by atoms with Crippen LogP contribution in [0, 0.1) is 3.57 Å². The highest BCUT2D eigenvalue weighted by Gasteiger charge is 2.22. The van der Waals surface area contributed by atoms with Gasteiger partial charge in [-0.05, 0) is 84.7 Å². The Balaban J connectivity index is 1.67. The molecule has 4 rings (SSSR count). The molecule has 4 nitrogen and oxygen atoms in total. The molecule has 32 heavy (non-hydrogen) atoms. The van der Waals surface area contributed by atoms with E-state index in [0.29, 0.717) is 12.6 Å². The molecule has 168 valence electrons. The van der Waals surface area contributed by atoms with Crippen LogP contribution in [0.4, 0.5) is 5.69 Å². The molecule has 0 aliphatic carbocycles. The van der Waals surface area contributed by atoms with Gasteiger partial charge in [-0.25, -0.2) is 0 Å². The van der Waals surface area contributed by atoms with E-state index in [4.69, 9.17) is 0 Å². The molecule has 0 saturated heterocycles. The molecular weight excluding hydrogens is 509 g/mol. The van der Waals surface area contributed by atoms with Crippen LogP contribution in [0.3, 0.4) is 0 Å². The number of carbonyl (C=O) groups excluding carboxylic acids is 1. The van der Waals surface area contributed by atoms with Gasteiger partial charge in [-0.2, -0.15) is 0 Å². The molecule has 2 heterocycles. The predicted molar refractivity (Wildman–Crippen MR) is 143 cm³/mol. The van der Waals surface area contributed by atoms with Gasteiger partial charge in [0.2, 0.25) is 0 Å². The van der Waals surface area contributed by atoms with E-state index in [9.17, 15) is 4.79 Å². The molecule has 1 N–H and O–H groups in total. The van der Waals surface area contributed by atoms with Gasteiger partial charge < -0.3 is 9.88 Å². The molecule has 0 radical (unpaired) electrons. The van der Waals surface area contributed by atoms with Crippen LogP contribution in [0.25, 0.3) is 16.5 Å². The Bertz CT molecular complexity index is 1130. The molecule has 1 amide bonds. The predicted octanol–water partition coefficient (Wildman–Crippen LogP) is 6.72. The molecular formula is C27H32IN3O. The van der Waals surface area contributed by atoms with E-state index in [-0.39, 0.29) is 5.91 Å². The monoisotopic (exact) mass is 541 g/mol. The first kappa shape index (κ1) is 23.1. The minimum Gasteiger partial charge on any atom is -0.361 e. The highest BCUT2D eigenvalue weighted by molar-refractivity contribution is 14.1. The van der Waals surface area contributed by atoms with Crippen molar-refractivity contribution < 1.29 is 4.79 Å². The van der Waals surface area contributed by atoms with Crippen LogP contribution in [-0.2, 0) is 0 Å². The summed E-state index contributed by atoms with van der Waals surface area (Å²) in [5.74, 6) is 0.0642. The number of hydrogen-bond donors (Lipinski definition) is 1. The third kappa shape index (κ3) is 4.64. The second-order valence-corrected chi connectivity index (χ2v) is 9.76. The van der Waals surface area contributed by atoms with Crippen LogP contribution in [0.15, 0.2) is 54.7 Å². The summed E-state index contributed by atoms with van der Waals surface area (Å²) in [6.07, 6.45) is 7.66. The fraction of sp³-hybridized carbons (Fsp3) is 0.370. The highest BCUT2D eigenvalue weighted by atomic mass is 127. The van der Waals surface area contributed by atoms with Crippen molar-refractivity contribution in [1.29, 1.82) is 0 Å². The van der Waals surface area contributed by atoms with Gasteiger partial charge in [-0.3, -0.25) is 9.69 Å². The summed E-state index contributed by atoms with van der Waals surface area (Å²) in [6, 6.07) is 14.8. The van der Waals surface area contributed by atoms with Gasteiger partial charge >= 0.3 is 0 Å². The summed E-state index contributed by atoms with van der Waals surface area (Å²) in [4.78, 5) is 21.4. The third-order valence-electron chi connectivity index (χ3n) is 6.57. The van der Waals surface area contributed by atoms with Crippen molar-refractivity contribution in [2.45, 2.75) is 46.1 Å².